The van der Waals surface area contributed by atoms with Crippen LogP contribution in [0.3, 0.4) is 0 Å². The molecule has 98 valence electrons. The summed E-state index contributed by atoms with van der Waals surface area (Å²) in [4.78, 5) is 0. The summed E-state index contributed by atoms with van der Waals surface area (Å²) in [5.41, 5.74) is 0. The molecule has 0 saturated carbocycles. The van der Waals surface area contributed by atoms with Crippen molar-refractivity contribution >= 4 is 0 Å². The van der Waals surface area contributed by atoms with Gasteiger partial charge in [-0.1, -0.05) is 51.9 Å². The van der Waals surface area contributed by atoms with E-state index in [1.165, 1.54) is 38.5 Å². The second-order valence-corrected chi connectivity index (χ2v) is 4.29. The summed E-state index contributed by atoms with van der Waals surface area (Å²) in [6.07, 6.45) is 9.95. The van der Waals surface area contributed by atoms with E-state index in [2.05, 4.69) is 6.92 Å². The number of hydrogen-bond donors (Lipinski definition) is 1. The van der Waals surface area contributed by atoms with Crippen LogP contribution in [0, 0.1) is 0 Å². The third-order valence-electron chi connectivity index (χ3n) is 2.75. The lowest BCUT2D eigenvalue weighted by atomic mass is 10.1. The van der Waals surface area contributed by atoms with E-state index in [0.717, 1.165) is 12.8 Å². The Balaban J connectivity index is 3.20. The third-order valence-corrected chi connectivity index (χ3v) is 2.75. The molecule has 1 N–H and O–H groups in total. The fourth-order valence-corrected chi connectivity index (χ4v) is 1.72. The molecule has 1 atom stereocenters. The molecule has 0 bridgehead atoms. The van der Waals surface area contributed by atoms with Crippen molar-refractivity contribution in [2.45, 2.75) is 64.4 Å². The van der Waals surface area contributed by atoms with E-state index in [0.29, 0.717) is 0 Å². The molecule has 0 aliphatic rings. The number of aliphatic hydroxyl groups excluding tert-OH is 1. The molecule has 0 aromatic carbocycles. The minimum Gasteiger partial charge on any atom is -0.394 e. The van der Waals surface area contributed by atoms with Crippen LogP contribution in [0.2, 0.25) is 0 Å². The van der Waals surface area contributed by atoms with Crippen molar-refractivity contribution < 1.29 is 14.6 Å². The van der Waals surface area contributed by atoms with Crippen molar-refractivity contribution in [2.24, 2.45) is 0 Å². The van der Waals surface area contributed by atoms with Crippen LogP contribution in [0.15, 0.2) is 0 Å². The summed E-state index contributed by atoms with van der Waals surface area (Å²) in [6, 6.07) is 0. The average Bonchev–Trinajstić information content (AvgIpc) is 2.32. The number of unbranched alkanes of at least 4 members (excludes halogenated alkanes) is 6. The van der Waals surface area contributed by atoms with Gasteiger partial charge >= 0.3 is 0 Å². The Morgan fingerprint density at radius 1 is 1.00 bits per heavy atom. The molecule has 0 unspecified atom stereocenters. The van der Waals surface area contributed by atoms with E-state index in [1.807, 2.05) is 0 Å². The zero-order chi connectivity index (χ0) is 12.1. The molecule has 0 rings (SSSR count). The van der Waals surface area contributed by atoms with Crippen LogP contribution >= 0.6 is 0 Å². The van der Waals surface area contributed by atoms with Gasteiger partial charge in [-0.15, -0.1) is 0 Å². The molecule has 0 amide bonds. The average molecular weight is 232 g/mol. The van der Waals surface area contributed by atoms with Crippen molar-refractivity contribution in [2.75, 3.05) is 20.5 Å². The molecule has 0 radical (unpaired) electrons. The van der Waals surface area contributed by atoms with Crippen LogP contribution in [0.1, 0.15) is 58.3 Å². The van der Waals surface area contributed by atoms with Crippen molar-refractivity contribution in [1.82, 2.24) is 0 Å². The standard InChI is InChI=1S/C13H28O3/c1-3-4-5-6-7-8-9-10-13(11-14)16-12-15-2/h13-14H,3-12H2,1-2H3/t13-/m0/s1. The first-order chi connectivity index (χ1) is 7.85. The summed E-state index contributed by atoms with van der Waals surface area (Å²) in [5.74, 6) is 0. The third kappa shape index (κ3) is 10.4. The molecular formula is C13H28O3. The van der Waals surface area contributed by atoms with Gasteiger partial charge in [-0.25, -0.2) is 0 Å². The Bertz CT molecular complexity index is 128. The van der Waals surface area contributed by atoms with Gasteiger partial charge in [-0.05, 0) is 6.42 Å². The first-order valence-corrected chi connectivity index (χ1v) is 6.56. The Labute approximate surface area is 100 Å². The van der Waals surface area contributed by atoms with E-state index in [1.54, 1.807) is 7.11 Å². The molecule has 0 fully saturated rings. The zero-order valence-electron chi connectivity index (χ0n) is 10.9. The lowest BCUT2D eigenvalue weighted by Crippen LogP contribution is -2.18. The van der Waals surface area contributed by atoms with E-state index in [4.69, 9.17) is 14.6 Å². The minimum atomic E-state index is -0.0457. The number of rotatable bonds is 12. The van der Waals surface area contributed by atoms with Gasteiger partial charge < -0.3 is 14.6 Å². The monoisotopic (exact) mass is 232 g/mol. The van der Waals surface area contributed by atoms with Gasteiger partial charge in [0.05, 0.1) is 12.7 Å². The number of hydrogen-bond acceptors (Lipinski definition) is 3. The molecule has 16 heavy (non-hydrogen) atoms. The van der Waals surface area contributed by atoms with Gasteiger partial charge in [0.25, 0.3) is 0 Å². The summed E-state index contributed by atoms with van der Waals surface area (Å²) < 4.78 is 10.1. The highest BCUT2D eigenvalue weighted by Crippen LogP contribution is 2.10. The van der Waals surface area contributed by atoms with Crippen molar-refractivity contribution in [1.29, 1.82) is 0 Å². The normalized spacial score (nSPS) is 12.9. The SMILES string of the molecule is CCCCCCCCC[C@@H](CO)OCOC. The molecule has 0 aromatic heterocycles. The second kappa shape index (κ2) is 12.9. The fourth-order valence-electron chi connectivity index (χ4n) is 1.72. The lowest BCUT2D eigenvalue weighted by Gasteiger charge is -2.14. The Morgan fingerprint density at radius 3 is 2.19 bits per heavy atom. The van der Waals surface area contributed by atoms with E-state index >= 15 is 0 Å². The topological polar surface area (TPSA) is 38.7 Å². The first kappa shape index (κ1) is 15.9. The van der Waals surface area contributed by atoms with Gasteiger partial charge in [0.1, 0.15) is 6.79 Å². The Kier molecular flexibility index (Phi) is 12.9. The van der Waals surface area contributed by atoms with Crippen molar-refractivity contribution in [3.05, 3.63) is 0 Å². The molecule has 0 aliphatic carbocycles. The van der Waals surface area contributed by atoms with Crippen LogP contribution in [-0.4, -0.2) is 31.7 Å². The minimum absolute atomic E-state index is 0.0457. The molecule has 0 aromatic rings. The smallest absolute Gasteiger partial charge is 0.146 e. The van der Waals surface area contributed by atoms with E-state index < -0.39 is 0 Å². The number of aliphatic hydroxyl groups is 1. The van der Waals surface area contributed by atoms with Gasteiger partial charge in [-0.3, -0.25) is 0 Å². The summed E-state index contributed by atoms with van der Waals surface area (Å²) in [7, 11) is 1.60. The maximum absolute atomic E-state index is 9.04. The van der Waals surface area contributed by atoms with Gasteiger partial charge in [-0.2, -0.15) is 0 Å². The Hall–Kier alpha value is -0.120. The lowest BCUT2D eigenvalue weighted by molar-refractivity contribution is -0.0898. The van der Waals surface area contributed by atoms with Crippen LogP contribution in [0.4, 0.5) is 0 Å². The molecule has 0 saturated heterocycles. The van der Waals surface area contributed by atoms with Crippen molar-refractivity contribution in [3.63, 3.8) is 0 Å². The van der Waals surface area contributed by atoms with Crippen LogP contribution in [0.25, 0.3) is 0 Å². The maximum Gasteiger partial charge on any atom is 0.146 e. The van der Waals surface area contributed by atoms with E-state index in [9.17, 15) is 0 Å². The molecule has 3 heteroatoms. The molecule has 0 heterocycles. The highest BCUT2D eigenvalue weighted by atomic mass is 16.7. The summed E-state index contributed by atoms with van der Waals surface area (Å²) in [6.45, 7) is 2.61. The van der Waals surface area contributed by atoms with Crippen LogP contribution in [0.5, 0.6) is 0 Å². The Morgan fingerprint density at radius 2 is 1.62 bits per heavy atom. The van der Waals surface area contributed by atoms with Gasteiger partial charge in [0.15, 0.2) is 0 Å². The maximum atomic E-state index is 9.04. The summed E-state index contributed by atoms with van der Waals surface area (Å²) in [5, 5.41) is 9.04. The molecular weight excluding hydrogens is 204 g/mol. The van der Waals surface area contributed by atoms with Crippen LogP contribution in [-0.2, 0) is 9.47 Å². The number of methoxy groups -OCH3 is 1. The summed E-state index contributed by atoms with van der Waals surface area (Å²) >= 11 is 0. The molecule has 0 aliphatic heterocycles. The first-order valence-electron chi connectivity index (χ1n) is 6.56. The zero-order valence-corrected chi connectivity index (χ0v) is 10.9. The van der Waals surface area contributed by atoms with Gasteiger partial charge in [0.2, 0.25) is 0 Å². The van der Waals surface area contributed by atoms with Gasteiger partial charge in [0, 0.05) is 7.11 Å². The second-order valence-electron chi connectivity index (χ2n) is 4.29. The number of ether oxygens (including phenoxy) is 2. The predicted octanol–water partition coefficient (Wildman–Crippen LogP) is 3.11. The highest BCUT2D eigenvalue weighted by molar-refractivity contribution is 4.56. The molecule has 3 nitrogen and oxygen atoms in total. The molecule has 0 spiro atoms. The fraction of sp³-hybridized carbons (Fsp3) is 1.00. The van der Waals surface area contributed by atoms with Crippen LogP contribution < -0.4 is 0 Å². The predicted molar refractivity (Wildman–Crippen MR) is 66.4 cm³/mol. The highest BCUT2D eigenvalue weighted by Gasteiger charge is 2.06. The van der Waals surface area contributed by atoms with Crippen molar-refractivity contribution in [3.8, 4) is 0 Å². The quantitative estimate of drug-likeness (QED) is 0.415. The van der Waals surface area contributed by atoms with E-state index in [-0.39, 0.29) is 19.5 Å². The largest absolute Gasteiger partial charge is 0.394 e.